The Balaban J connectivity index is 1.97. The summed E-state index contributed by atoms with van der Waals surface area (Å²) in [7, 11) is -4.08. The molecule has 0 radical (unpaired) electrons. The van der Waals surface area contributed by atoms with Crippen LogP contribution in [0.5, 0.6) is 0 Å². The van der Waals surface area contributed by atoms with Crippen LogP contribution in [0, 0.1) is 11.3 Å². The van der Waals surface area contributed by atoms with E-state index in [1.54, 1.807) is 30.3 Å². The number of nitriles is 1. The first kappa shape index (κ1) is 16.9. The Bertz CT molecular complexity index is 1040. The molecule has 0 unspecified atom stereocenters. The van der Waals surface area contributed by atoms with Crippen LogP contribution in [0.25, 0.3) is 10.4 Å². The van der Waals surface area contributed by atoms with Gasteiger partial charge in [-0.2, -0.15) is 13.7 Å². The van der Waals surface area contributed by atoms with Crippen LogP contribution >= 0.6 is 11.3 Å². The number of hydrogen-bond donors (Lipinski definition) is 0. The number of nitrogens with zero attached hydrogens (tertiary/aromatic N) is 2. The van der Waals surface area contributed by atoms with Gasteiger partial charge >= 0.3 is 10.1 Å². The summed E-state index contributed by atoms with van der Waals surface area (Å²) in [6.45, 7) is 0. The molecule has 0 aliphatic rings. The highest BCUT2D eigenvalue weighted by atomic mass is 32.2. The lowest BCUT2D eigenvalue weighted by Crippen LogP contribution is -2.06. The van der Waals surface area contributed by atoms with Gasteiger partial charge in [0.2, 0.25) is 0 Å². The molecule has 1 aromatic heterocycles. The fraction of sp³-hybridized carbons (Fsp3) is 0. The summed E-state index contributed by atoms with van der Waals surface area (Å²) in [6, 6.07) is 20.5. The van der Waals surface area contributed by atoms with Gasteiger partial charge < -0.3 is 0 Å². The van der Waals surface area contributed by atoms with E-state index in [1.165, 1.54) is 23.5 Å². The van der Waals surface area contributed by atoms with Crippen LogP contribution in [0.4, 0.5) is 0 Å². The molecule has 7 heteroatoms. The monoisotopic (exact) mass is 368 g/mol. The molecule has 25 heavy (non-hydrogen) atoms. The van der Waals surface area contributed by atoms with Gasteiger partial charge in [-0.05, 0) is 23.6 Å². The highest BCUT2D eigenvalue weighted by Gasteiger charge is 2.17. The van der Waals surface area contributed by atoms with Gasteiger partial charge in [-0.25, -0.2) is 0 Å². The summed E-state index contributed by atoms with van der Waals surface area (Å²) in [6.07, 6.45) is 0. The lowest BCUT2D eigenvalue weighted by atomic mass is 10.0. The second-order valence-electron chi connectivity index (χ2n) is 4.92. The Morgan fingerprint density at radius 1 is 1.00 bits per heavy atom. The van der Waals surface area contributed by atoms with E-state index in [1.807, 2.05) is 35.7 Å². The minimum Gasteiger partial charge on any atom is -0.263 e. The molecule has 1 heterocycles. The maximum atomic E-state index is 12.2. The Hall–Kier alpha value is -2.95. The van der Waals surface area contributed by atoms with E-state index >= 15 is 0 Å². The third-order valence-corrected chi connectivity index (χ3v) is 5.36. The zero-order chi connectivity index (χ0) is 17.7. The summed E-state index contributed by atoms with van der Waals surface area (Å²) in [5, 5.41) is 14.9. The van der Waals surface area contributed by atoms with Gasteiger partial charge in [0.15, 0.2) is 5.71 Å². The van der Waals surface area contributed by atoms with Crippen molar-refractivity contribution >= 4 is 27.2 Å². The van der Waals surface area contributed by atoms with E-state index < -0.39 is 10.1 Å². The topological polar surface area (TPSA) is 79.5 Å². The van der Waals surface area contributed by atoms with Gasteiger partial charge in [-0.1, -0.05) is 53.7 Å². The third kappa shape index (κ3) is 3.76. The zero-order valence-corrected chi connectivity index (χ0v) is 14.5. The van der Waals surface area contributed by atoms with Crippen molar-refractivity contribution in [1.82, 2.24) is 0 Å². The second kappa shape index (κ2) is 7.30. The summed E-state index contributed by atoms with van der Waals surface area (Å²) in [4.78, 5) is 0.923. The molecule has 3 aromatic rings. The van der Waals surface area contributed by atoms with Gasteiger partial charge in [0, 0.05) is 16.0 Å². The first-order valence-corrected chi connectivity index (χ1v) is 9.51. The van der Waals surface area contributed by atoms with Gasteiger partial charge in [-0.15, -0.1) is 11.3 Å². The largest absolute Gasteiger partial charge is 0.358 e. The van der Waals surface area contributed by atoms with Crippen molar-refractivity contribution in [2.45, 2.75) is 4.90 Å². The van der Waals surface area contributed by atoms with Crippen molar-refractivity contribution in [3.63, 3.8) is 0 Å². The van der Waals surface area contributed by atoms with Crippen LogP contribution in [0.1, 0.15) is 5.56 Å². The van der Waals surface area contributed by atoms with Crippen LogP contribution in [0.2, 0.25) is 0 Å². The molecule has 0 aliphatic carbocycles. The molecule has 0 saturated carbocycles. The third-order valence-electron chi connectivity index (χ3n) is 3.33. The maximum Gasteiger partial charge on any atom is 0.358 e. The molecular weight excluding hydrogens is 356 g/mol. The molecule has 0 bridgehead atoms. The van der Waals surface area contributed by atoms with Gasteiger partial charge in [0.25, 0.3) is 0 Å². The van der Waals surface area contributed by atoms with Crippen LogP contribution in [0.3, 0.4) is 0 Å². The molecule has 2 aromatic carbocycles. The van der Waals surface area contributed by atoms with E-state index in [2.05, 4.69) is 5.16 Å². The number of oxime groups is 1. The van der Waals surface area contributed by atoms with Crippen LogP contribution < -0.4 is 0 Å². The molecule has 124 valence electrons. The fourth-order valence-electron chi connectivity index (χ4n) is 2.18. The van der Waals surface area contributed by atoms with Crippen LogP contribution in [0.15, 0.2) is 82.2 Å². The molecule has 0 spiro atoms. The first-order chi connectivity index (χ1) is 12.1. The quantitative estimate of drug-likeness (QED) is 0.503. The number of thiophene rings is 1. The smallest absolute Gasteiger partial charge is 0.263 e. The molecule has 0 aliphatic heterocycles. The first-order valence-electron chi connectivity index (χ1n) is 7.22. The Kier molecular flexibility index (Phi) is 4.93. The number of rotatable bonds is 5. The van der Waals surface area contributed by atoms with Crippen LogP contribution in [-0.2, 0) is 14.4 Å². The van der Waals surface area contributed by atoms with E-state index in [0.717, 1.165) is 10.4 Å². The standard InChI is InChI=1S/C18H12N2O3S2/c19-13-17(20-23-25(21,22)14-7-2-1-3-8-14)15-9-4-5-10-16(15)18-11-6-12-24-18/h1-12H. The van der Waals surface area contributed by atoms with Crippen molar-refractivity contribution in [2.24, 2.45) is 5.16 Å². The zero-order valence-electron chi connectivity index (χ0n) is 12.9. The highest BCUT2D eigenvalue weighted by Crippen LogP contribution is 2.28. The summed E-state index contributed by atoms with van der Waals surface area (Å²) >= 11 is 1.52. The molecule has 0 N–H and O–H groups in total. The molecule has 0 atom stereocenters. The summed E-state index contributed by atoms with van der Waals surface area (Å²) < 4.78 is 29.1. The molecule has 0 fully saturated rings. The van der Waals surface area contributed by atoms with Gasteiger partial charge in [0.1, 0.15) is 11.0 Å². The normalized spacial score (nSPS) is 11.7. The summed E-state index contributed by atoms with van der Waals surface area (Å²) in [5.41, 5.74) is 1.19. The van der Waals surface area contributed by atoms with Crippen molar-refractivity contribution in [1.29, 1.82) is 5.26 Å². The predicted molar refractivity (Wildman–Crippen MR) is 96.6 cm³/mol. The predicted octanol–water partition coefficient (Wildman–Crippen LogP) is 4.05. The van der Waals surface area contributed by atoms with Crippen molar-refractivity contribution in [3.05, 3.63) is 77.7 Å². The molecular formula is C18H12N2O3S2. The molecule has 3 rings (SSSR count). The van der Waals surface area contributed by atoms with E-state index in [9.17, 15) is 13.7 Å². The lowest BCUT2D eigenvalue weighted by molar-refractivity contribution is 0.339. The van der Waals surface area contributed by atoms with Crippen molar-refractivity contribution in [2.75, 3.05) is 0 Å². The molecule has 0 saturated heterocycles. The molecule has 0 amide bonds. The second-order valence-corrected chi connectivity index (χ2v) is 7.39. The van der Waals surface area contributed by atoms with Crippen molar-refractivity contribution in [3.8, 4) is 16.5 Å². The minimum atomic E-state index is -4.08. The average molecular weight is 368 g/mol. The Morgan fingerprint density at radius 3 is 2.40 bits per heavy atom. The van der Waals surface area contributed by atoms with Crippen molar-refractivity contribution < 1.29 is 12.7 Å². The molecule has 5 nitrogen and oxygen atoms in total. The highest BCUT2D eigenvalue weighted by molar-refractivity contribution is 7.86. The fourth-order valence-corrected chi connectivity index (χ4v) is 3.70. The van der Waals surface area contributed by atoms with E-state index in [0.29, 0.717) is 5.56 Å². The lowest BCUT2D eigenvalue weighted by Gasteiger charge is -2.06. The van der Waals surface area contributed by atoms with Crippen LogP contribution in [-0.4, -0.2) is 14.1 Å². The Labute approximate surface area is 149 Å². The minimum absolute atomic E-state index is 0.0254. The number of hydrogen-bond acceptors (Lipinski definition) is 6. The Morgan fingerprint density at radius 2 is 1.72 bits per heavy atom. The van der Waals surface area contributed by atoms with E-state index in [4.69, 9.17) is 4.28 Å². The van der Waals surface area contributed by atoms with Gasteiger partial charge in [0.05, 0.1) is 0 Å². The SMILES string of the molecule is N#CC(=NOS(=O)(=O)c1ccccc1)c1ccccc1-c1cccs1. The average Bonchev–Trinajstić information content (AvgIpc) is 3.18. The number of benzene rings is 2. The summed E-state index contributed by atoms with van der Waals surface area (Å²) in [5.74, 6) is 0. The van der Waals surface area contributed by atoms with E-state index in [-0.39, 0.29) is 10.6 Å². The maximum absolute atomic E-state index is 12.2. The van der Waals surface area contributed by atoms with Gasteiger partial charge in [-0.3, -0.25) is 4.28 Å².